The van der Waals surface area contributed by atoms with Crippen molar-refractivity contribution in [1.29, 1.82) is 0 Å². The lowest BCUT2D eigenvalue weighted by Crippen LogP contribution is -2.57. The van der Waals surface area contributed by atoms with Crippen molar-refractivity contribution in [1.82, 2.24) is 9.80 Å². The summed E-state index contributed by atoms with van der Waals surface area (Å²) in [6.45, 7) is 16.4. The Kier molecular flexibility index (Phi) is 3.68. The molecule has 0 radical (unpaired) electrons. The van der Waals surface area contributed by atoms with Crippen LogP contribution in [0.4, 0.5) is 0 Å². The van der Waals surface area contributed by atoms with Crippen LogP contribution in [-0.2, 0) is 4.79 Å². The molecule has 3 nitrogen and oxygen atoms in total. The molecule has 1 amide bonds. The van der Waals surface area contributed by atoms with Crippen LogP contribution in [-0.4, -0.2) is 47.4 Å². The van der Waals surface area contributed by atoms with Crippen molar-refractivity contribution in [2.75, 3.05) is 26.2 Å². The zero-order chi connectivity index (χ0) is 12.6. The molecule has 0 atom stereocenters. The minimum atomic E-state index is -0.0368. The highest BCUT2D eigenvalue weighted by atomic mass is 16.2. The fourth-order valence-corrected chi connectivity index (χ4v) is 2.24. The number of nitrogens with zero attached hydrogens (tertiary/aromatic N) is 2. The number of hydrogen-bond acceptors (Lipinski definition) is 2. The fourth-order valence-electron chi connectivity index (χ4n) is 2.24. The first-order valence-electron chi connectivity index (χ1n) is 6.12. The minimum absolute atomic E-state index is 0.0368. The first kappa shape index (κ1) is 13.5. The standard InChI is InChI=1S/C13H26N2O/c1-12(2,3)10-14-7-8-15(11(16)9-14)13(4,5)6/h7-10H2,1-6H3. The van der Waals surface area contributed by atoms with Gasteiger partial charge in [0.15, 0.2) is 0 Å². The van der Waals surface area contributed by atoms with Crippen LogP contribution in [0.25, 0.3) is 0 Å². The van der Waals surface area contributed by atoms with Crippen LogP contribution in [0.2, 0.25) is 0 Å². The maximum Gasteiger partial charge on any atom is 0.237 e. The predicted octanol–water partition coefficient (Wildman–Crippen LogP) is 1.98. The molecule has 0 bridgehead atoms. The predicted molar refractivity (Wildman–Crippen MR) is 67.4 cm³/mol. The molecule has 0 aromatic rings. The third-order valence-corrected chi connectivity index (χ3v) is 2.81. The Hall–Kier alpha value is -0.570. The zero-order valence-electron chi connectivity index (χ0n) is 11.6. The quantitative estimate of drug-likeness (QED) is 0.682. The van der Waals surface area contributed by atoms with E-state index in [1.165, 1.54) is 0 Å². The Morgan fingerprint density at radius 1 is 1.06 bits per heavy atom. The summed E-state index contributed by atoms with van der Waals surface area (Å²) < 4.78 is 0. The number of amides is 1. The number of rotatable bonds is 1. The molecule has 0 spiro atoms. The van der Waals surface area contributed by atoms with E-state index in [1.54, 1.807) is 0 Å². The third-order valence-electron chi connectivity index (χ3n) is 2.81. The summed E-state index contributed by atoms with van der Waals surface area (Å²) >= 11 is 0. The monoisotopic (exact) mass is 226 g/mol. The highest BCUT2D eigenvalue weighted by Gasteiger charge is 2.32. The minimum Gasteiger partial charge on any atom is -0.335 e. The van der Waals surface area contributed by atoms with Gasteiger partial charge in [-0.1, -0.05) is 20.8 Å². The first-order chi connectivity index (χ1) is 7.09. The van der Waals surface area contributed by atoms with Crippen molar-refractivity contribution < 1.29 is 4.79 Å². The first-order valence-corrected chi connectivity index (χ1v) is 6.12. The van der Waals surface area contributed by atoms with Crippen molar-refractivity contribution >= 4 is 5.91 Å². The van der Waals surface area contributed by atoms with Gasteiger partial charge in [0.25, 0.3) is 0 Å². The average Bonchev–Trinajstić information content (AvgIpc) is 1.97. The molecular formula is C13H26N2O. The van der Waals surface area contributed by atoms with E-state index < -0.39 is 0 Å². The molecule has 1 saturated heterocycles. The second-order valence-corrected chi connectivity index (χ2v) is 6.99. The maximum atomic E-state index is 12.0. The van der Waals surface area contributed by atoms with Gasteiger partial charge in [0.2, 0.25) is 5.91 Å². The van der Waals surface area contributed by atoms with Gasteiger partial charge in [-0.25, -0.2) is 0 Å². The van der Waals surface area contributed by atoms with Crippen LogP contribution in [0.15, 0.2) is 0 Å². The molecule has 1 heterocycles. The molecule has 0 aliphatic carbocycles. The molecule has 0 unspecified atom stereocenters. The summed E-state index contributed by atoms with van der Waals surface area (Å²) in [4.78, 5) is 16.3. The Labute approximate surface area is 99.8 Å². The molecule has 1 aliphatic heterocycles. The van der Waals surface area contributed by atoms with Gasteiger partial charge in [-0.2, -0.15) is 0 Å². The Morgan fingerprint density at radius 3 is 2.00 bits per heavy atom. The van der Waals surface area contributed by atoms with Gasteiger partial charge < -0.3 is 4.90 Å². The van der Waals surface area contributed by atoms with Crippen molar-refractivity contribution in [3.8, 4) is 0 Å². The molecule has 1 rings (SSSR count). The molecule has 16 heavy (non-hydrogen) atoms. The Balaban J connectivity index is 2.56. The zero-order valence-corrected chi connectivity index (χ0v) is 11.6. The molecule has 1 fully saturated rings. The van der Waals surface area contributed by atoms with Crippen LogP contribution in [0.1, 0.15) is 41.5 Å². The van der Waals surface area contributed by atoms with Gasteiger partial charge in [0.05, 0.1) is 6.54 Å². The summed E-state index contributed by atoms with van der Waals surface area (Å²) in [5.74, 6) is 0.267. The number of carbonyl (C=O) groups is 1. The molecule has 0 aromatic heterocycles. The van der Waals surface area contributed by atoms with E-state index in [4.69, 9.17) is 0 Å². The lowest BCUT2D eigenvalue weighted by Gasteiger charge is -2.43. The SMILES string of the molecule is CC(C)(C)CN1CCN(C(C)(C)C)C(=O)C1. The van der Waals surface area contributed by atoms with Gasteiger partial charge in [-0.05, 0) is 26.2 Å². The van der Waals surface area contributed by atoms with E-state index in [9.17, 15) is 4.79 Å². The van der Waals surface area contributed by atoms with Gasteiger partial charge in [0.1, 0.15) is 0 Å². The molecule has 94 valence electrons. The van der Waals surface area contributed by atoms with Crippen LogP contribution >= 0.6 is 0 Å². The van der Waals surface area contributed by atoms with Crippen LogP contribution in [0.5, 0.6) is 0 Å². The maximum absolute atomic E-state index is 12.0. The van der Waals surface area contributed by atoms with Crippen LogP contribution in [0.3, 0.4) is 0 Å². The lowest BCUT2D eigenvalue weighted by atomic mass is 9.95. The third kappa shape index (κ3) is 3.78. The van der Waals surface area contributed by atoms with Gasteiger partial charge in [0, 0.05) is 25.2 Å². The number of piperazine rings is 1. The van der Waals surface area contributed by atoms with Gasteiger partial charge >= 0.3 is 0 Å². The summed E-state index contributed by atoms with van der Waals surface area (Å²) in [7, 11) is 0. The van der Waals surface area contributed by atoms with E-state index in [0.717, 1.165) is 19.6 Å². The largest absolute Gasteiger partial charge is 0.335 e. The van der Waals surface area contributed by atoms with Crippen molar-refractivity contribution in [3.63, 3.8) is 0 Å². The molecule has 1 aliphatic rings. The van der Waals surface area contributed by atoms with E-state index in [1.807, 2.05) is 4.90 Å². The highest BCUT2D eigenvalue weighted by Crippen LogP contribution is 2.20. The Morgan fingerprint density at radius 2 is 1.62 bits per heavy atom. The fraction of sp³-hybridized carbons (Fsp3) is 0.923. The summed E-state index contributed by atoms with van der Waals surface area (Å²) in [5.41, 5.74) is 0.231. The van der Waals surface area contributed by atoms with E-state index in [2.05, 4.69) is 46.4 Å². The van der Waals surface area contributed by atoms with Crippen molar-refractivity contribution in [3.05, 3.63) is 0 Å². The van der Waals surface area contributed by atoms with Crippen molar-refractivity contribution in [2.45, 2.75) is 47.1 Å². The summed E-state index contributed by atoms with van der Waals surface area (Å²) in [6.07, 6.45) is 0. The van der Waals surface area contributed by atoms with E-state index >= 15 is 0 Å². The summed E-state index contributed by atoms with van der Waals surface area (Å²) in [5, 5.41) is 0. The molecule has 0 aromatic carbocycles. The Bertz CT molecular complexity index is 260. The van der Waals surface area contributed by atoms with Crippen LogP contribution < -0.4 is 0 Å². The van der Waals surface area contributed by atoms with Crippen LogP contribution in [0, 0.1) is 5.41 Å². The normalized spacial score (nSPS) is 20.4. The smallest absolute Gasteiger partial charge is 0.237 e. The highest BCUT2D eigenvalue weighted by molar-refractivity contribution is 5.79. The number of carbonyl (C=O) groups excluding carboxylic acids is 1. The molecule has 3 heteroatoms. The average molecular weight is 226 g/mol. The number of hydrogen-bond donors (Lipinski definition) is 0. The summed E-state index contributed by atoms with van der Waals surface area (Å²) in [6, 6.07) is 0. The van der Waals surface area contributed by atoms with Crippen molar-refractivity contribution in [2.24, 2.45) is 5.41 Å². The van der Waals surface area contributed by atoms with Gasteiger partial charge in [-0.15, -0.1) is 0 Å². The molecule has 0 N–H and O–H groups in total. The second kappa shape index (κ2) is 4.36. The lowest BCUT2D eigenvalue weighted by molar-refractivity contribution is -0.141. The molecule has 0 saturated carbocycles. The van der Waals surface area contributed by atoms with E-state index in [0.29, 0.717) is 6.54 Å². The van der Waals surface area contributed by atoms with E-state index in [-0.39, 0.29) is 16.9 Å². The topological polar surface area (TPSA) is 23.6 Å². The second-order valence-electron chi connectivity index (χ2n) is 6.99. The molecular weight excluding hydrogens is 200 g/mol. The van der Waals surface area contributed by atoms with Gasteiger partial charge in [-0.3, -0.25) is 9.69 Å².